The average molecular weight is 433 g/mol. The number of carbonyl (C=O) groups excluding carboxylic acids is 1. The first-order valence-corrected chi connectivity index (χ1v) is 10.00. The van der Waals surface area contributed by atoms with Crippen molar-refractivity contribution in [3.8, 4) is 0 Å². The minimum absolute atomic E-state index is 0.121. The van der Waals surface area contributed by atoms with E-state index in [1.807, 2.05) is 17.9 Å². The summed E-state index contributed by atoms with van der Waals surface area (Å²) in [5.41, 5.74) is 1.20. The SMILES string of the molecule is CN(C)[C@@H]1CCN(C(=O)NC2CCCC2)[C@H]1Cc1cnn(C)c1.O=C(O)C(F)(F)F. The normalized spacial score (nSPS) is 22.2. The zero-order valence-electron chi connectivity index (χ0n) is 17.5. The molecular formula is C19H30F3N5O3. The van der Waals surface area contributed by atoms with E-state index < -0.39 is 12.1 Å². The number of aromatic nitrogens is 2. The molecule has 2 N–H and O–H groups in total. The van der Waals surface area contributed by atoms with Crippen LogP contribution in [-0.2, 0) is 18.3 Å². The van der Waals surface area contributed by atoms with Crippen molar-refractivity contribution in [2.24, 2.45) is 7.05 Å². The summed E-state index contributed by atoms with van der Waals surface area (Å²) in [7, 11) is 6.16. The molecule has 1 aliphatic carbocycles. The molecule has 3 rings (SSSR count). The van der Waals surface area contributed by atoms with E-state index in [1.165, 1.54) is 18.4 Å². The highest BCUT2D eigenvalue weighted by molar-refractivity contribution is 5.75. The number of likely N-dealkylation sites (tertiary alicyclic amines) is 1. The predicted octanol–water partition coefficient (Wildman–Crippen LogP) is 2.25. The van der Waals surface area contributed by atoms with Crippen LogP contribution < -0.4 is 5.32 Å². The average Bonchev–Trinajstić information content (AvgIpc) is 3.36. The summed E-state index contributed by atoms with van der Waals surface area (Å²) in [4.78, 5) is 26.0. The zero-order chi connectivity index (χ0) is 22.5. The highest BCUT2D eigenvalue weighted by atomic mass is 19.4. The first kappa shape index (κ1) is 24.0. The van der Waals surface area contributed by atoms with Crippen molar-refractivity contribution in [2.45, 2.75) is 62.8 Å². The second-order valence-corrected chi connectivity index (χ2v) is 8.04. The lowest BCUT2D eigenvalue weighted by Gasteiger charge is -2.32. The molecule has 0 aromatic carbocycles. The number of hydrogen-bond donors (Lipinski definition) is 2. The van der Waals surface area contributed by atoms with Gasteiger partial charge in [0.2, 0.25) is 0 Å². The summed E-state index contributed by atoms with van der Waals surface area (Å²) in [6.07, 6.45) is 5.53. The van der Waals surface area contributed by atoms with Gasteiger partial charge >= 0.3 is 18.2 Å². The molecular weight excluding hydrogens is 403 g/mol. The van der Waals surface area contributed by atoms with Gasteiger partial charge in [-0.2, -0.15) is 18.3 Å². The van der Waals surface area contributed by atoms with Crippen molar-refractivity contribution in [3.63, 3.8) is 0 Å². The predicted molar refractivity (Wildman–Crippen MR) is 104 cm³/mol. The van der Waals surface area contributed by atoms with E-state index in [4.69, 9.17) is 9.90 Å². The summed E-state index contributed by atoms with van der Waals surface area (Å²) in [5.74, 6) is -2.76. The van der Waals surface area contributed by atoms with Gasteiger partial charge in [0.1, 0.15) is 0 Å². The highest BCUT2D eigenvalue weighted by Gasteiger charge is 2.39. The number of carboxylic acid groups (broad SMARTS) is 1. The Hall–Kier alpha value is -2.30. The summed E-state index contributed by atoms with van der Waals surface area (Å²) in [6, 6.07) is 1.12. The van der Waals surface area contributed by atoms with E-state index in [1.54, 1.807) is 0 Å². The van der Waals surface area contributed by atoms with Gasteiger partial charge in [-0.25, -0.2) is 9.59 Å². The van der Waals surface area contributed by atoms with Crippen LogP contribution in [0.4, 0.5) is 18.0 Å². The second kappa shape index (κ2) is 10.1. The standard InChI is InChI=1S/C17H29N5O.C2HF3O2/c1-20(2)15-8-9-22(17(23)19-14-6-4-5-7-14)16(15)10-13-11-18-21(3)12-13;3-2(4,5)1(6)7/h11-12,14-16H,4-10H2,1-3H3,(H,19,23);(H,6,7)/t15-,16+;/m1./s1. The number of nitrogens with one attached hydrogen (secondary N) is 1. The first-order chi connectivity index (χ1) is 14.0. The quantitative estimate of drug-likeness (QED) is 0.760. The third kappa shape index (κ3) is 6.61. The molecule has 2 atom stereocenters. The Labute approximate surface area is 174 Å². The Kier molecular flexibility index (Phi) is 8.10. The van der Waals surface area contributed by atoms with E-state index >= 15 is 0 Å². The molecule has 11 heteroatoms. The highest BCUT2D eigenvalue weighted by Crippen LogP contribution is 2.26. The number of hydrogen-bond acceptors (Lipinski definition) is 4. The van der Waals surface area contributed by atoms with Gasteiger partial charge in [0.25, 0.3) is 0 Å². The van der Waals surface area contributed by atoms with Crippen molar-refractivity contribution in [3.05, 3.63) is 18.0 Å². The lowest BCUT2D eigenvalue weighted by atomic mass is 10.0. The number of aliphatic carboxylic acids is 1. The molecule has 0 radical (unpaired) electrons. The molecule has 1 aromatic rings. The fraction of sp³-hybridized carbons (Fsp3) is 0.737. The van der Waals surface area contributed by atoms with Gasteiger partial charge in [-0.1, -0.05) is 12.8 Å². The van der Waals surface area contributed by atoms with E-state index in [0.29, 0.717) is 12.1 Å². The fourth-order valence-electron chi connectivity index (χ4n) is 4.08. The third-order valence-corrected chi connectivity index (χ3v) is 5.56. The van der Waals surface area contributed by atoms with E-state index in [9.17, 15) is 18.0 Å². The Morgan fingerprint density at radius 2 is 1.87 bits per heavy atom. The van der Waals surface area contributed by atoms with Crippen LogP contribution in [0.25, 0.3) is 0 Å². The Morgan fingerprint density at radius 1 is 1.27 bits per heavy atom. The lowest BCUT2D eigenvalue weighted by molar-refractivity contribution is -0.192. The van der Waals surface area contributed by atoms with E-state index in [0.717, 1.165) is 32.2 Å². The Balaban J connectivity index is 0.000000396. The number of carbonyl (C=O) groups is 2. The van der Waals surface area contributed by atoms with Gasteiger partial charge in [-0.05, 0) is 45.3 Å². The molecule has 0 spiro atoms. The minimum atomic E-state index is -5.08. The van der Waals surface area contributed by atoms with E-state index in [-0.39, 0.29) is 12.1 Å². The maximum atomic E-state index is 12.8. The van der Waals surface area contributed by atoms with Crippen LogP contribution in [0.1, 0.15) is 37.7 Å². The molecule has 170 valence electrons. The first-order valence-electron chi connectivity index (χ1n) is 10.00. The molecule has 2 amide bonds. The molecule has 1 saturated heterocycles. The summed E-state index contributed by atoms with van der Waals surface area (Å²) < 4.78 is 33.6. The molecule has 1 aromatic heterocycles. The summed E-state index contributed by atoms with van der Waals surface area (Å²) in [5, 5.41) is 14.6. The van der Waals surface area contributed by atoms with Crippen molar-refractivity contribution in [1.82, 2.24) is 24.9 Å². The van der Waals surface area contributed by atoms with Crippen LogP contribution >= 0.6 is 0 Å². The number of alkyl halides is 3. The molecule has 2 fully saturated rings. The maximum absolute atomic E-state index is 12.8. The lowest BCUT2D eigenvalue weighted by Crippen LogP contribution is -2.50. The van der Waals surface area contributed by atoms with Crippen molar-refractivity contribution in [2.75, 3.05) is 20.6 Å². The summed E-state index contributed by atoms with van der Waals surface area (Å²) in [6.45, 7) is 0.840. The monoisotopic (exact) mass is 433 g/mol. The van der Waals surface area contributed by atoms with Crippen LogP contribution in [0, 0.1) is 0 Å². The Morgan fingerprint density at radius 3 is 2.33 bits per heavy atom. The maximum Gasteiger partial charge on any atom is 0.490 e. The van der Waals surface area contributed by atoms with Gasteiger partial charge in [-0.3, -0.25) is 4.68 Å². The topological polar surface area (TPSA) is 90.7 Å². The number of nitrogens with zero attached hydrogens (tertiary/aromatic N) is 4. The van der Waals surface area contributed by atoms with Crippen LogP contribution in [0.3, 0.4) is 0 Å². The number of urea groups is 1. The van der Waals surface area contributed by atoms with Crippen molar-refractivity contribution in [1.29, 1.82) is 0 Å². The number of rotatable bonds is 4. The minimum Gasteiger partial charge on any atom is -0.475 e. The molecule has 0 unspecified atom stereocenters. The number of carboxylic acids is 1. The van der Waals surface area contributed by atoms with Crippen LogP contribution in [-0.4, -0.2) is 81.6 Å². The Bertz CT molecular complexity index is 717. The van der Waals surface area contributed by atoms with Gasteiger partial charge in [0.15, 0.2) is 0 Å². The second-order valence-electron chi connectivity index (χ2n) is 8.04. The largest absolute Gasteiger partial charge is 0.490 e. The zero-order valence-corrected chi connectivity index (χ0v) is 17.5. The van der Waals surface area contributed by atoms with Gasteiger partial charge in [-0.15, -0.1) is 0 Å². The van der Waals surface area contributed by atoms with Gasteiger partial charge in [0.05, 0.1) is 12.2 Å². The van der Waals surface area contributed by atoms with E-state index in [2.05, 4.69) is 40.5 Å². The van der Waals surface area contributed by atoms with Crippen LogP contribution in [0.2, 0.25) is 0 Å². The number of aryl methyl sites for hydroxylation is 1. The molecule has 1 aliphatic heterocycles. The molecule has 2 aliphatic rings. The molecule has 2 heterocycles. The van der Waals surface area contributed by atoms with Gasteiger partial charge < -0.3 is 20.2 Å². The number of likely N-dealkylation sites (N-methyl/N-ethyl adjacent to an activating group) is 1. The molecule has 1 saturated carbocycles. The molecule has 0 bridgehead atoms. The number of halogens is 3. The fourth-order valence-corrected chi connectivity index (χ4v) is 4.08. The van der Waals surface area contributed by atoms with Crippen LogP contribution in [0.5, 0.6) is 0 Å². The van der Waals surface area contributed by atoms with Crippen LogP contribution in [0.15, 0.2) is 12.4 Å². The smallest absolute Gasteiger partial charge is 0.475 e. The van der Waals surface area contributed by atoms with Crippen molar-refractivity contribution >= 4 is 12.0 Å². The molecule has 30 heavy (non-hydrogen) atoms. The summed E-state index contributed by atoms with van der Waals surface area (Å²) >= 11 is 0. The van der Waals surface area contributed by atoms with Crippen molar-refractivity contribution < 1.29 is 27.9 Å². The molecule has 8 nitrogen and oxygen atoms in total. The number of amides is 2. The van der Waals surface area contributed by atoms with Gasteiger partial charge in [0, 0.05) is 31.9 Å². The third-order valence-electron chi connectivity index (χ3n) is 5.56.